The van der Waals surface area contributed by atoms with E-state index >= 15 is 0 Å². The molecule has 4 nitrogen and oxygen atoms in total. The largest absolute Gasteiger partial charge is 0.384 e. The van der Waals surface area contributed by atoms with E-state index < -0.39 is 0 Å². The first kappa shape index (κ1) is 13.3. The minimum atomic E-state index is 0.556. The van der Waals surface area contributed by atoms with Crippen LogP contribution in [0.1, 0.15) is 24.0 Å². The number of ether oxygens (including phenoxy) is 1. The van der Waals surface area contributed by atoms with Gasteiger partial charge in [-0.15, -0.1) is 0 Å². The lowest BCUT2D eigenvalue weighted by Gasteiger charge is -2.34. The Balaban J connectivity index is 2.18. The van der Waals surface area contributed by atoms with Crippen molar-refractivity contribution in [1.29, 1.82) is 0 Å². The second kappa shape index (κ2) is 6.16. The minimum absolute atomic E-state index is 0.556. The number of aromatic nitrogens is 1. The summed E-state index contributed by atoms with van der Waals surface area (Å²) in [4.78, 5) is 6.90. The van der Waals surface area contributed by atoms with Crippen LogP contribution >= 0.6 is 0 Å². The van der Waals surface area contributed by atoms with Gasteiger partial charge < -0.3 is 15.4 Å². The molecular weight excluding hydrogens is 226 g/mol. The lowest BCUT2D eigenvalue weighted by molar-refractivity contribution is 0.143. The van der Waals surface area contributed by atoms with E-state index in [1.54, 1.807) is 7.11 Å². The van der Waals surface area contributed by atoms with Gasteiger partial charge >= 0.3 is 0 Å². The average molecular weight is 249 g/mol. The van der Waals surface area contributed by atoms with Crippen LogP contribution in [0, 0.1) is 12.8 Å². The molecule has 1 aliphatic heterocycles. The molecular formula is C14H23N3O. The molecule has 0 bridgehead atoms. The quantitative estimate of drug-likeness (QED) is 0.882. The molecule has 0 spiro atoms. The van der Waals surface area contributed by atoms with Crippen LogP contribution < -0.4 is 10.6 Å². The Hall–Kier alpha value is -1.13. The molecule has 1 aromatic heterocycles. The molecule has 0 aliphatic carbocycles. The van der Waals surface area contributed by atoms with Crippen LogP contribution in [-0.4, -0.2) is 31.8 Å². The highest BCUT2D eigenvalue weighted by Gasteiger charge is 2.22. The van der Waals surface area contributed by atoms with E-state index in [2.05, 4.69) is 16.8 Å². The predicted octanol–water partition coefficient (Wildman–Crippen LogP) is 1.71. The van der Waals surface area contributed by atoms with Crippen LogP contribution in [-0.2, 0) is 11.3 Å². The van der Waals surface area contributed by atoms with Crippen molar-refractivity contribution in [2.45, 2.75) is 26.3 Å². The first-order valence-corrected chi connectivity index (χ1v) is 6.64. The Labute approximate surface area is 109 Å². The number of aryl methyl sites for hydroxylation is 1. The van der Waals surface area contributed by atoms with Gasteiger partial charge in [0.1, 0.15) is 5.82 Å². The molecule has 2 heterocycles. The average Bonchev–Trinajstić information content (AvgIpc) is 2.39. The highest BCUT2D eigenvalue weighted by molar-refractivity contribution is 5.50. The van der Waals surface area contributed by atoms with Gasteiger partial charge in [0.25, 0.3) is 0 Å². The standard InChI is InChI=1S/C14H23N3O/c1-11-5-6-16-14(13(11)8-15)17-7-3-4-12(9-17)10-18-2/h5-6,12H,3-4,7-10,15H2,1-2H3. The molecule has 1 saturated heterocycles. The molecule has 0 amide bonds. The van der Waals surface area contributed by atoms with Crippen molar-refractivity contribution in [2.24, 2.45) is 11.7 Å². The van der Waals surface area contributed by atoms with Crippen molar-refractivity contribution in [2.75, 3.05) is 31.7 Å². The molecule has 0 saturated carbocycles. The Kier molecular flexibility index (Phi) is 4.55. The number of rotatable bonds is 4. The molecule has 0 radical (unpaired) electrons. The zero-order valence-corrected chi connectivity index (χ0v) is 11.4. The van der Waals surface area contributed by atoms with Crippen LogP contribution in [0.25, 0.3) is 0 Å². The lowest BCUT2D eigenvalue weighted by Crippen LogP contribution is -2.38. The van der Waals surface area contributed by atoms with E-state index in [0.717, 1.165) is 25.5 Å². The van der Waals surface area contributed by atoms with Crippen molar-refractivity contribution < 1.29 is 4.74 Å². The van der Waals surface area contributed by atoms with E-state index in [1.165, 1.54) is 24.0 Å². The van der Waals surface area contributed by atoms with Crippen LogP contribution in [0.5, 0.6) is 0 Å². The fourth-order valence-electron chi connectivity index (χ4n) is 2.73. The van der Waals surface area contributed by atoms with Crippen molar-refractivity contribution in [1.82, 2.24) is 4.98 Å². The van der Waals surface area contributed by atoms with Crippen molar-refractivity contribution >= 4 is 5.82 Å². The maximum absolute atomic E-state index is 5.86. The summed E-state index contributed by atoms with van der Waals surface area (Å²) in [6, 6.07) is 2.03. The summed E-state index contributed by atoms with van der Waals surface area (Å²) >= 11 is 0. The molecule has 1 aliphatic rings. The third-order valence-electron chi connectivity index (χ3n) is 3.69. The van der Waals surface area contributed by atoms with Crippen LogP contribution in [0.4, 0.5) is 5.82 Å². The van der Waals surface area contributed by atoms with Crippen molar-refractivity contribution in [3.63, 3.8) is 0 Å². The third kappa shape index (κ3) is 2.82. The Morgan fingerprint density at radius 1 is 1.56 bits per heavy atom. The number of pyridine rings is 1. The molecule has 1 fully saturated rings. The Bertz CT molecular complexity index is 393. The van der Waals surface area contributed by atoms with E-state index in [0.29, 0.717) is 12.5 Å². The molecule has 4 heteroatoms. The lowest BCUT2D eigenvalue weighted by atomic mass is 9.98. The van der Waals surface area contributed by atoms with E-state index in [9.17, 15) is 0 Å². The fraction of sp³-hybridized carbons (Fsp3) is 0.643. The normalized spacial score (nSPS) is 20.2. The Morgan fingerprint density at radius 3 is 3.11 bits per heavy atom. The van der Waals surface area contributed by atoms with Gasteiger partial charge in [-0.2, -0.15) is 0 Å². The maximum atomic E-state index is 5.86. The molecule has 1 aromatic rings. The van der Waals surface area contributed by atoms with Crippen molar-refractivity contribution in [3.05, 3.63) is 23.4 Å². The van der Waals surface area contributed by atoms with Crippen LogP contribution in [0.3, 0.4) is 0 Å². The number of nitrogens with two attached hydrogens (primary N) is 1. The van der Waals surface area contributed by atoms with Crippen LogP contribution in [0.15, 0.2) is 12.3 Å². The van der Waals surface area contributed by atoms with Gasteiger partial charge in [0, 0.05) is 38.5 Å². The van der Waals surface area contributed by atoms with Crippen LogP contribution in [0.2, 0.25) is 0 Å². The summed E-state index contributed by atoms with van der Waals surface area (Å²) in [5, 5.41) is 0. The zero-order chi connectivity index (χ0) is 13.0. The van der Waals surface area contributed by atoms with E-state index in [-0.39, 0.29) is 0 Å². The van der Waals surface area contributed by atoms with Gasteiger partial charge in [0.15, 0.2) is 0 Å². The SMILES string of the molecule is COCC1CCCN(c2nccc(C)c2CN)C1. The van der Waals surface area contributed by atoms with Gasteiger partial charge in [-0.25, -0.2) is 4.98 Å². The van der Waals surface area contributed by atoms with Gasteiger partial charge in [0.05, 0.1) is 6.61 Å². The van der Waals surface area contributed by atoms with Gasteiger partial charge in [-0.3, -0.25) is 0 Å². The smallest absolute Gasteiger partial charge is 0.133 e. The predicted molar refractivity (Wildman–Crippen MR) is 73.7 cm³/mol. The molecule has 0 aromatic carbocycles. The molecule has 100 valence electrons. The number of hydrogen-bond donors (Lipinski definition) is 1. The molecule has 2 N–H and O–H groups in total. The fourth-order valence-corrected chi connectivity index (χ4v) is 2.73. The number of methoxy groups -OCH3 is 1. The van der Waals surface area contributed by atoms with E-state index in [4.69, 9.17) is 10.5 Å². The first-order chi connectivity index (χ1) is 8.76. The van der Waals surface area contributed by atoms with E-state index in [1.807, 2.05) is 12.3 Å². The number of hydrogen-bond acceptors (Lipinski definition) is 4. The molecule has 18 heavy (non-hydrogen) atoms. The highest BCUT2D eigenvalue weighted by Crippen LogP contribution is 2.26. The summed E-state index contributed by atoms with van der Waals surface area (Å²) < 4.78 is 5.27. The second-order valence-corrected chi connectivity index (χ2v) is 5.04. The van der Waals surface area contributed by atoms with Crippen molar-refractivity contribution in [3.8, 4) is 0 Å². The van der Waals surface area contributed by atoms with Gasteiger partial charge in [-0.05, 0) is 37.3 Å². The summed E-state index contributed by atoms with van der Waals surface area (Å²) in [5.41, 5.74) is 8.27. The maximum Gasteiger partial charge on any atom is 0.133 e. The summed E-state index contributed by atoms with van der Waals surface area (Å²) in [6.07, 6.45) is 4.32. The zero-order valence-electron chi connectivity index (χ0n) is 11.4. The first-order valence-electron chi connectivity index (χ1n) is 6.64. The monoisotopic (exact) mass is 249 g/mol. The summed E-state index contributed by atoms with van der Waals surface area (Å²) in [5.74, 6) is 1.68. The molecule has 1 unspecified atom stereocenters. The highest BCUT2D eigenvalue weighted by atomic mass is 16.5. The minimum Gasteiger partial charge on any atom is -0.384 e. The summed E-state index contributed by atoms with van der Waals surface area (Å²) in [7, 11) is 1.77. The molecule has 1 atom stereocenters. The topological polar surface area (TPSA) is 51.4 Å². The second-order valence-electron chi connectivity index (χ2n) is 5.04. The summed E-state index contributed by atoms with van der Waals surface area (Å²) in [6.45, 7) is 5.59. The number of anilines is 1. The third-order valence-corrected chi connectivity index (χ3v) is 3.69. The Morgan fingerprint density at radius 2 is 2.39 bits per heavy atom. The molecule has 2 rings (SSSR count). The number of piperidine rings is 1. The number of nitrogens with zero attached hydrogens (tertiary/aromatic N) is 2. The van der Waals surface area contributed by atoms with Gasteiger partial charge in [0.2, 0.25) is 0 Å². The van der Waals surface area contributed by atoms with Gasteiger partial charge in [-0.1, -0.05) is 0 Å².